The van der Waals surface area contributed by atoms with Crippen LogP contribution in [-0.4, -0.2) is 43.5 Å². The molecule has 1 aromatic heterocycles. The molecule has 0 bridgehead atoms. The van der Waals surface area contributed by atoms with Crippen molar-refractivity contribution >= 4 is 28.1 Å². The molecule has 2 heterocycles. The lowest BCUT2D eigenvalue weighted by atomic mass is 10.0. The Bertz CT molecular complexity index is 831. The van der Waals surface area contributed by atoms with Crippen LogP contribution in [0.3, 0.4) is 0 Å². The second kappa shape index (κ2) is 7.88. The van der Waals surface area contributed by atoms with Crippen LogP contribution in [0.25, 0.3) is 0 Å². The summed E-state index contributed by atoms with van der Waals surface area (Å²) in [5.41, 5.74) is 8.15. The fraction of sp³-hybridized carbons (Fsp3) is 0.368. The van der Waals surface area contributed by atoms with Gasteiger partial charge in [0.05, 0.1) is 25.8 Å². The van der Waals surface area contributed by atoms with Crippen molar-refractivity contribution in [2.75, 3.05) is 32.5 Å². The van der Waals surface area contributed by atoms with Crippen LogP contribution in [0, 0.1) is 0 Å². The van der Waals surface area contributed by atoms with Crippen LogP contribution >= 0.6 is 11.3 Å². The van der Waals surface area contributed by atoms with Crippen molar-refractivity contribution in [2.24, 2.45) is 0 Å². The number of ketones is 1. The van der Waals surface area contributed by atoms with Gasteiger partial charge in [0.25, 0.3) is 0 Å². The molecule has 0 unspecified atom stereocenters. The van der Waals surface area contributed by atoms with Gasteiger partial charge in [-0.3, -0.25) is 9.69 Å². The zero-order chi connectivity index (χ0) is 18.7. The van der Waals surface area contributed by atoms with Gasteiger partial charge in [-0.25, -0.2) is 4.79 Å². The molecule has 0 fully saturated rings. The molecule has 2 N–H and O–H groups in total. The summed E-state index contributed by atoms with van der Waals surface area (Å²) in [5.74, 6) is 0.354. The van der Waals surface area contributed by atoms with Crippen molar-refractivity contribution in [1.29, 1.82) is 0 Å². The standard InChI is InChI=1S/C19H22N2O4S/c1-3-25-19(23)17-14-7-8-21(11-16(14)26-18(17)20)10-15(22)12-5-4-6-13(9-12)24-2/h4-6,9H,3,7-8,10-11,20H2,1-2H3. The number of anilines is 1. The minimum absolute atomic E-state index is 0.0440. The third kappa shape index (κ3) is 3.73. The number of carbonyl (C=O) groups excluding carboxylic acids is 2. The summed E-state index contributed by atoms with van der Waals surface area (Å²) in [5, 5.41) is 0.495. The monoisotopic (exact) mass is 374 g/mol. The summed E-state index contributed by atoms with van der Waals surface area (Å²) in [6.07, 6.45) is 0.683. The van der Waals surface area contributed by atoms with Crippen LogP contribution < -0.4 is 10.5 Å². The van der Waals surface area contributed by atoms with Gasteiger partial charge in [-0.15, -0.1) is 11.3 Å². The second-order valence-electron chi connectivity index (χ2n) is 6.08. The van der Waals surface area contributed by atoms with Crippen molar-refractivity contribution in [3.63, 3.8) is 0 Å². The molecule has 26 heavy (non-hydrogen) atoms. The van der Waals surface area contributed by atoms with Gasteiger partial charge >= 0.3 is 5.97 Å². The molecule has 6 nitrogen and oxygen atoms in total. The third-order valence-corrected chi connectivity index (χ3v) is 5.45. The van der Waals surface area contributed by atoms with E-state index < -0.39 is 0 Å². The highest BCUT2D eigenvalue weighted by atomic mass is 32.1. The number of hydrogen-bond acceptors (Lipinski definition) is 7. The first-order valence-corrected chi connectivity index (χ1v) is 9.31. The SMILES string of the molecule is CCOC(=O)c1c(N)sc2c1CCN(CC(=O)c1cccc(OC)c1)C2. The minimum atomic E-state index is -0.358. The lowest BCUT2D eigenvalue weighted by Crippen LogP contribution is -2.34. The summed E-state index contributed by atoms with van der Waals surface area (Å²) in [7, 11) is 1.58. The van der Waals surface area contributed by atoms with E-state index in [1.54, 1.807) is 26.2 Å². The van der Waals surface area contributed by atoms with E-state index in [9.17, 15) is 9.59 Å². The normalized spacial score (nSPS) is 13.9. The molecule has 0 radical (unpaired) electrons. The number of Topliss-reactive ketones (excluding diaryl/α,β-unsaturated/α-hetero) is 1. The van der Waals surface area contributed by atoms with Gasteiger partial charge in [0.15, 0.2) is 5.78 Å². The van der Waals surface area contributed by atoms with Gasteiger partial charge in [0.1, 0.15) is 10.8 Å². The Hall–Kier alpha value is -2.38. The first kappa shape index (κ1) is 18.4. The summed E-state index contributed by atoms with van der Waals surface area (Å²) >= 11 is 1.41. The van der Waals surface area contributed by atoms with Crippen LogP contribution in [0.2, 0.25) is 0 Å². The van der Waals surface area contributed by atoms with E-state index in [0.29, 0.717) is 54.5 Å². The minimum Gasteiger partial charge on any atom is -0.497 e. The zero-order valence-electron chi connectivity index (χ0n) is 14.9. The van der Waals surface area contributed by atoms with Crippen molar-refractivity contribution in [3.8, 4) is 5.75 Å². The average molecular weight is 374 g/mol. The predicted molar refractivity (Wildman–Crippen MR) is 101 cm³/mol. The number of methoxy groups -OCH3 is 1. The van der Waals surface area contributed by atoms with Gasteiger partial charge in [-0.2, -0.15) is 0 Å². The average Bonchev–Trinajstić information content (AvgIpc) is 2.97. The second-order valence-corrected chi connectivity index (χ2v) is 7.22. The molecule has 0 aliphatic carbocycles. The number of hydrogen-bond donors (Lipinski definition) is 1. The smallest absolute Gasteiger partial charge is 0.341 e. The van der Waals surface area contributed by atoms with Gasteiger partial charge in [0.2, 0.25) is 0 Å². The molecule has 2 aromatic rings. The summed E-state index contributed by atoms with van der Waals surface area (Å²) in [4.78, 5) is 27.8. The quantitative estimate of drug-likeness (QED) is 0.618. The summed E-state index contributed by atoms with van der Waals surface area (Å²) < 4.78 is 10.3. The molecule has 1 aliphatic heterocycles. The van der Waals surface area contributed by atoms with E-state index in [4.69, 9.17) is 15.2 Å². The Morgan fingerprint density at radius 3 is 2.88 bits per heavy atom. The van der Waals surface area contributed by atoms with Gasteiger partial charge in [-0.05, 0) is 31.0 Å². The molecule has 0 atom stereocenters. The maximum Gasteiger partial charge on any atom is 0.341 e. The van der Waals surface area contributed by atoms with E-state index in [2.05, 4.69) is 4.90 Å². The number of nitrogens with two attached hydrogens (primary N) is 1. The highest BCUT2D eigenvalue weighted by Crippen LogP contribution is 2.35. The molecule has 0 amide bonds. The molecule has 0 saturated carbocycles. The van der Waals surface area contributed by atoms with E-state index >= 15 is 0 Å². The molecular weight excluding hydrogens is 352 g/mol. The lowest BCUT2D eigenvalue weighted by molar-refractivity contribution is 0.0525. The van der Waals surface area contributed by atoms with Crippen LogP contribution in [0.1, 0.15) is 38.1 Å². The van der Waals surface area contributed by atoms with Crippen LogP contribution in [-0.2, 0) is 17.7 Å². The van der Waals surface area contributed by atoms with Crippen molar-refractivity contribution in [3.05, 3.63) is 45.8 Å². The molecule has 7 heteroatoms. The van der Waals surface area contributed by atoms with Crippen molar-refractivity contribution < 1.29 is 19.1 Å². The summed E-state index contributed by atoms with van der Waals surface area (Å²) in [6, 6.07) is 7.17. The van der Waals surface area contributed by atoms with E-state index in [0.717, 1.165) is 10.4 Å². The van der Waals surface area contributed by atoms with Crippen LogP contribution in [0.15, 0.2) is 24.3 Å². The van der Waals surface area contributed by atoms with Crippen LogP contribution in [0.5, 0.6) is 5.75 Å². The fourth-order valence-electron chi connectivity index (χ4n) is 3.13. The highest BCUT2D eigenvalue weighted by Gasteiger charge is 2.28. The molecule has 1 aliphatic rings. The number of benzene rings is 1. The third-order valence-electron chi connectivity index (χ3n) is 4.40. The van der Waals surface area contributed by atoms with Crippen molar-refractivity contribution in [1.82, 2.24) is 4.90 Å². The number of nitrogens with zero attached hydrogens (tertiary/aromatic N) is 1. The Morgan fingerprint density at radius 2 is 2.15 bits per heavy atom. The van der Waals surface area contributed by atoms with Gasteiger partial charge in [-0.1, -0.05) is 12.1 Å². The largest absolute Gasteiger partial charge is 0.497 e. The Balaban J connectivity index is 1.72. The number of rotatable bonds is 6. The van der Waals surface area contributed by atoms with E-state index in [1.807, 2.05) is 12.1 Å². The summed E-state index contributed by atoms with van der Waals surface area (Å²) in [6.45, 7) is 3.73. The molecule has 1 aromatic carbocycles. The maximum absolute atomic E-state index is 12.6. The first-order chi connectivity index (χ1) is 12.5. The number of ether oxygens (including phenoxy) is 2. The van der Waals surface area contributed by atoms with E-state index in [1.165, 1.54) is 11.3 Å². The molecule has 3 rings (SSSR count). The number of nitrogen functional groups attached to an aromatic ring is 1. The lowest BCUT2D eigenvalue weighted by Gasteiger charge is -2.26. The fourth-order valence-corrected chi connectivity index (χ4v) is 4.28. The number of esters is 1. The highest BCUT2D eigenvalue weighted by molar-refractivity contribution is 7.16. The number of fused-ring (bicyclic) bond motifs is 1. The first-order valence-electron chi connectivity index (χ1n) is 8.50. The zero-order valence-corrected chi connectivity index (χ0v) is 15.7. The van der Waals surface area contributed by atoms with Gasteiger partial charge < -0.3 is 15.2 Å². The number of carbonyl (C=O) groups is 2. The topological polar surface area (TPSA) is 81.9 Å². The van der Waals surface area contributed by atoms with Crippen LogP contribution in [0.4, 0.5) is 5.00 Å². The maximum atomic E-state index is 12.6. The Labute approximate surface area is 156 Å². The Kier molecular flexibility index (Phi) is 5.58. The molecule has 0 saturated heterocycles. The van der Waals surface area contributed by atoms with Crippen molar-refractivity contribution in [2.45, 2.75) is 19.9 Å². The van der Waals surface area contributed by atoms with Gasteiger partial charge in [0, 0.05) is 23.5 Å². The predicted octanol–water partition coefficient (Wildman–Crippen LogP) is 2.76. The molecular formula is C19H22N2O4S. The van der Waals surface area contributed by atoms with E-state index in [-0.39, 0.29) is 11.8 Å². The Morgan fingerprint density at radius 1 is 1.35 bits per heavy atom. The molecule has 0 spiro atoms. The number of thiophene rings is 1. The molecule has 138 valence electrons.